The highest BCUT2D eigenvalue weighted by atomic mass is 16.4. The smallest absolute Gasteiger partial charge is 0.303 e. The second kappa shape index (κ2) is 8.41. The maximum absolute atomic E-state index is 12.3. The van der Waals surface area contributed by atoms with Gasteiger partial charge in [-0.1, -0.05) is 31.4 Å². The van der Waals surface area contributed by atoms with E-state index in [0.29, 0.717) is 24.6 Å². The molecule has 0 bridgehead atoms. The summed E-state index contributed by atoms with van der Waals surface area (Å²) in [6.45, 7) is 0.378. The lowest BCUT2D eigenvalue weighted by atomic mass is 9.95. The second-order valence-corrected chi connectivity index (χ2v) is 5.78. The lowest BCUT2D eigenvalue weighted by Gasteiger charge is -2.25. The maximum Gasteiger partial charge on any atom is 0.303 e. The van der Waals surface area contributed by atoms with E-state index in [-0.39, 0.29) is 12.3 Å². The molecule has 1 aromatic rings. The summed E-state index contributed by atoms with van der Waals surface area (Å²) < 4.78 is 0. The lowest BCUT2D eigenvalue weighted by Crippen LogP contribution is -2.28. The van der Waals surface area contributed by atoms with E-state index >= 15 is 0 Å². The summed E-state index contributed by atoms with van der Waals surface area (Å²) in [6, 6.07) is 7.94. The Labute approximate surface area is 131 Å². The predicted molar refractivity (Wildman–Crippen MR) is 86.1 cm³/mol. The van der Waals surface area contributed by atoms with E-state index in [9.17, 15) is 9.59 Å². The van der Waals surface area contributed by atoms with Crippen LogP contribution in [0, 0.1) is 0 Å². The van der Waals surface area contributed by atoms with Crippen LogP contribution in [-0.4, -0.2) is 29.6 Å². The zero-order valence-corrected chi connectivity index (χ0v) is 12.8. The first kappa shape index (κ1) is 16.3. The number of rotatable bonds is 7. The topological polar surface area (TPSA) is 78.4 Å². The fourth-order valence-electron chi connectivity index (χ4n) is 2.81. The Bertz CT molecular complexity index is 510. The van der Waals surface area contributed by atoms with Crippen LogP contribution < -0.4 is 10.6 Å². The molecule has 22 heavy (non-hydrogen) atoms. The number of carboxylic acid groups (broad SMARTS) is 1. The third kappa shape index (κ3) is 5.06. The van der Waals surface area contributed by atoms with Crippen LogP contribution in [0.2, 0.25) is 0 Å². The first-order valence-electron chi connectivity index (χ1n) is 8.02. The van der Waals surface area contributed by atoms with Gasteiger partial charge in [-0.05, 0) is 31.4 Å². The van der Waals surface area contributed by atoms with Crippen molar-refractivity contribution >= 4 is 17.6 Å². The average molecular weight is 304 g/mol. The minimum Gasteiger partial charge on any atom is -0.481 e. The molecule has 0 aliphatic heterocycles. The molecular formula is C17H24N2O3. The normalized spacial score (nSPS) is 15.3. The van der Waals surface area contributed by atoms with Gasteiger partial charge >= 0.3 is 5.97 Å². The van der Waals surface area contributed by atoms with E-state index in [2.05, 4.69) is 10.6 Å². The Balaban J connectivity index is 1.91. The highest BCUT2D eigenvalue weighted by molar-refractivity contribution is 5.99. The van der Waals surface area contributed by atoms with E-state index < -0.39 is 5.97 Å². The first-order chi connectivity index (χ1) is 10.7. The number of hydrogen-bond acceptors (Lipinski definition) is 3. The highest BCUT2D eigenvalue weighted by Gasteiger charge is 2.16. The van der Waals surface area contributed by atoms with Crippen LogP contribution in [0.4, 0.5) is 5.69 Å². The summed E-state index contributed by atoms with van der Waals surface area (Å²) in [7, 11) is 0. The van der Waals surface area contributed by atoms with Gasteiger partial charge in [0, 0.05) is 24.7 Å². The molecule has 0 unspecified atom stereocenters. The van der Waals surface area contributed by atoms with E-state index in [1.807, 2.05) is 18.2 Å². The molecule has 1 saturated carbocycles. The molecule has 2 rings (SSSR count). The Morgan fingerprint density at radius 3 is 2.59 bits per heavy atom. The van der Waals surface area contributed by atoms with Crippen molar-refractivity contribution in [2.45, 2.75) is 51.0 Å². The SMILES string of the molecule is O=C(O)CCCNC(=O)c1ccccc1NC1CCCCC1. The van der Waals surface area contributed by atoms with Crippen LogP contribution in [-0.2, 0) is 4.79 Å². The van der Waals surface area contributed by atoms with Gasteiger partial charge in [0.05, 0.1) is 5.56 Å². The van der Waals surface area contributed by atoms with Crippen LogP contribution in [0.3, 0.4) is 0 Å². The molecule has 1 aliphatic carbocycles. The van der Waals surface area contributed by atoms with Crippen molar-refractivity contribution in [2.75, 3.05) is 11.9 Å². The Hall–Kier alpha value is -2.04. The number of benzene rings is 1. The van der Waals surface area contributed by atoms with Gasteiger partial charge in [-0.2, -0.15) is 0 Å². The van der Waals surface area contributed by atoms with Crippen molar-refractivity contribution in [1.29, 1.82) is 0 Å². The molecule has 1 amide bonds. The van der Waals surface area contributed by atoms with Crippen molar-refractivity contribution in [3.8, 4) is 0 Å². The van der Waals surface area contributed by atoms with E-state index in [1.165, 1.54) is 19.3 Å². The van der Waals surface area contributed by atoms with Gasteiger partial charge in [-0.25, -0.2) is 0 Å². The monoisotopic (exact) mass is 304 g/mol. The predicted octanol–water partition coefficient (Wildman–Crippen LogP) is 3.03. The van der Waals surface area contributed by atoms with E-state index in [1.54, 1.807) is 6.07 Å². The number of carbonyl (C=O) groups excluding carboxylic acids is 1. The molecule has 0 saturated heterocycles. The summed E-state index contributed by atoms with van der Waals surface area (Å²) in [4.78, 5) is 22.7. The molecule has 3 N–H and O–H groups in total. The van der Waals surface area contributed by atoms with Crippen LogP contribution >= 0.6 is 0 Å². The minimum absolute atomic E-state index is 0.0717. The Kier molecular flexibility index (Phi) is 6.25. The van der Waals surface area contributed by atoms with E-state index in [4.69, 9.17) is 5.11 Å². The van der Waals surface area contributed by atoms with Gasteiger partial charge in [-0.15, -0.1) is 0 Å². The largest absolute Gasteiger partial charge is 0.481 e. The number of hydrogen-bond donors (Lipinski definition) is 3. The van der Waals surface area contributed by atoms with Crippen molar-refractivity contribution in [3.63, 3.8) is 0 Å². The summed E-state index contributed by atoms with van der Waals surface area (Å²) in [6.07, 6.45) is 6.58. The van der Waals surface area contributed by atoms with Crippen LogP contribution in [0.1, 0.15) is 55.3 Å². The number of carboxylic acids is 1. The van der Waals surface area contributed by atoms with E-state index in [0.717, 1.165) is 18.5 Å². The molecule has 5 nitrogen and oxygen atoms in total. The molecule has 0 radical (unpaired) electrons. The second-order valence-electron chi connectivity index (χ2n) is 5.78. The van der Waals surface area contributed by atoms with Gasteiger partial charge in [0.25, 0.3) is 5.91 Å². The van der Waals surface area contributed by atoms with Crippen molar-refractivity contribution in [1.82, 2.24) is 5.32 Å². The van der Waals surface area contributed by atoms with Crippen molar-refractivity contribution in [3.05, 3.63) is 29.8 Å². The Morgan fingerprint density at radius 2 is 1.86 bits per heavy atom. The number of carbonyl (C=O) groups is 2. The quantitative estimate of drug-likeness (QED) is 0.677. The number of aliphatic carboxylic acids is 1. The summed E-state index contributed by atoms with van der Waals surface area (Å²) in [5.41, 5.74) is 1.49. The van der Waals surface area contributed by atoms with Gasteiger partial charge < -0.3 is 15.7 Å². The van der Waals surface area contributed by atoms with Gasteiger partial charge in [0.15, 0.2) is 0 Å². The summed E-state index contributed by atoms with van der Waals surface area (Å²) in [5.74, 6) is -0.988. The summed E-state index contributed by atoms with van der Waals surface area (Å²) in [5, 5.41) is 14.9. The zero-order valence-electron chi connectivity index (χ0n) is 12.8. The average Bonchev–Trinajstić information content (AvgIpc) is 2.53. The Morgan fingerprint density at radius 1 is 1.14 bits per heavy atom. The van der Waals surface area contributed by atoms with Crippen LogP contribution in [0.15, 0.2) is 24.3 Å². The zero-order chi connectivity index (χ0) is 15.8. The molecular weight excluding hydrogens is 280 g/mol. The van der Waals surface area contributed by atoms with Crippen LogP contribution in [0.25, 0.3) is 0 Å². The maximum atomic E-state index is 12.3. The van der Waals surface area contributed by atoms with Crippen molar-refractivity contribution < 1.29 is 14.7 Å². The third-order valence-corrected chi connectivity index (χ3v) is 3.99. The molecule has 1 aromatic carbocycles. The highest BCUT2D eigenvalue weighted by Crippen LogP contribution is 2.23. The molecule has 5 heteroatoms. The first-order valence-corrected chi connectivity index (χ1v) is 8.02. The lowest BCUT2D eigenvalue weighted by molar-refractivity contribution is -0.137. The molecule has 120 valence electrons. The van der Waals surface area contributed by atoms with Crippen molar-refractivity contribution in [2.24, 2.45) is 0 Å². The molecule has 0 heterocycles. The van der Waals surface area contributed by atoms with Gasteiger partial charge in [0.2, 0.25) is 0 Å². The number of amides is 1. The van der Waals surface area contributed by atoms with Gasteiger partial charge in [0.1, 0.15) is 0 Å². The fraction of sp³-hybridized carbons (Fsp3) is 0.529. The molecule has 0 aromatic heterocycles. The number of nitrogens with one attached hydrogen (secondary N) is 2. The third-order valence-electron chi connectivity index (χ3n) is 3.99. The number of anilines is 1. The minimum atomic E-state index is -0.839. The molecule has 0 atom stereocenters. The molecule has 1 fully saturated rings. The van der Waals surface area contributed by atoms with Gasteiger partial charge in [-0.3, -0.25) is 9.59 Å². The molecule has 0 spiro atoms. The number of para-hydroxylation sites is 1. The summed E-state index contributed by atoms with van der Waals surface area (Å²) >= 11 is 0. The molecule has 1 aliphatic rings. The van der Waals surface area contributed by atoms with Crippen LogP contribution in [0.5, 0.6) is 0 Å². The fourth-order valence-corrected chi connectivity index (χ4v) is 2.81. The standard InChI is InChI=1S/C17H24N2O3/c20-16(21)11-6-12-18-17(22)14-9-4-5-10-15(14)19-13-7-2-1-3-8-13/h4-5,9-10,13,19H,1-3,6-8,11-12H2,(H,18,22)(H,20,21).